The molecule has 10 heteroatoms. The Morgan fingerprint density at radius 2 is 1.71 bits per heavy atom. The van der Waals surface area contributed by atoms with Crippen molar-refractivity contribution in [2.24, 2.45) is 0 Å². The van der Waals surface area contributed by atoms with Crippen molar-refractivity contribution in [3.63, 3.8) is 0 Å². The Kier molecular flexibility index (Phi) is 7.83. The number of Topliss-reactive ketones (excluding diaryl/α,β-unsaturated/α-hetero) is 1. The van der Waals surface area contributed by atoms with E-state index in [4.69, 9.17) is 9.47 Å². The van der Waals surface area contributed by atoms with Gasteiger partial charge in [-0.2, -0.15) is 0 Å². The molecule has 7 rings (SSSR count). The SMILES string of the molecule is CC1Cc2cc(/C(O)=C3\C(=O)C(=O)N(c4nnc(SCc5ccccc5)s4)C3c3cccc(Oc4ccccc4)c3)ccc2O1. The van der Waals surface area contributed by atoms with E-state index < -0.39 is 17.7 Å². The third-order valence-corrected chi connectivity index (χ3v) is 9.70. The number of nitrogens with zero attached hydrogens (tertiary/aromatic N) is 3. The van der Waals surface area contributed by atoms with E-state index in [1.54, 1.807) is 36.4 Å². The van der Waals surface area contributed by atoms with Gasteiger partial charge in [0.1, 0.15) is 29.1 Å². The van der Waals surface area contributed by atoms with Gasteiger partial charge in [-0.15, -0.1) is 10.2 Å². The molecule has 3 heterocycles. The second-order valence-corrected chi connectivity index (χ2v) is 12.9. The number of amides is 1. The van der Waals surface area contributed by atoms with Gasteiger partial charge >= 0.3 is 5.91 Å². The Bertz CT molecular complexity index is 1930. The van der Waals surface area contributed by atoms with Crippen LogP contribution in [0.1, 0.15) is 35.2 Å². The van der Waals surface area contributed by atoms with Crippen LogP contribution in [0.15, 0.2) is 113 Å². The summed E-state index contributed by atoms with van der Waals surface area (Å²) in [5.74, 6) is 0.733. The van der Waals surface area contributed by atoms with Gasteiger partial charge in [-0.3, -0.25) is 14.5 Å². The van der Waals surface area contributed by atoms with Crippen molar-refractivity contribution in [1.82, 2.24) is 10.2 Å². The summed E-state index contributed by atoms with van der Waals surface area (Å²) in [5.41, 5.74) is 3.04. The van der Waals surface area contributed by atoms with Crippen molar-refractivity contribution in [3.8, 4) is 17.2 Å². The maximum absolute atomic E-state index is 13.8. The topological polar surface area (TPSA) is 102 Å². The fourth-order valence-corrected chi connectivity index (χ4v) is 7.34. The van der Waals surface area contributed by atoms with E-state index in [0.717, 1.165) is 16.9 Å². The summed E-state index contributed by atoms with van der Waals surface area (Å²) in [5, 5.41) is 20.6. The molecular formula is C35H27N3O5S2. The van der Waals surface area contributed by atoms with Crippen molar-refractivity contribution < 1.29 is 24.2 Å². The number of anilines is 1. The minimum Gasteiger partial charge on any atom is -0.507 e. The number of fused-ring (bicyclic) bond motifs is 1. The fraction of sp³-hybridized carbons (Fsp3) is 0.143. The maximum atomic E-state index is 13.8. The van der Waals surface area contributed by atoms with E-state index in [1.165, 1.54) is 28.0 Å². The molecule has 0 saturated carbocycles. The maximum Gasteiger partial charge on any atom is 0.301 e. The van der Waals surface area contributed by atoms with E-state index in [0.29, 0.717) is 39.1 Å². The van der Waals surface area contributed by atoms with Gasteiger partial charge in [0.15, 0.2) is 4.34 Å². The lowest BCUT2D eigenvalue weighted by molar-refractivity contribution is -0.132. The van der Waals surface area contributed by atoms with E-state index in [2.05, 4.69) is 10.2 Å². The highest BCUT2D eigenvalue weighted by Gasteiger charge is 2.48. The van der Waals surface area contributed by atoms with Gasteiger partial charge in [-0.05, 0) is 66.1 Å². The Labute approximate surface area is 268 Å². The molecule has 5 aromatic rings. The first-order valence-electron chi connectivity index (χ1n) is 14.4. The van der Waals surface area contributed by atoms with E-state index in [1.807, 2.05) is 73.7 Å². The predicted molar refractivity (Wildman–Crippen MR) is 174 cm³/mol. The predicted octanol–water partition coefficient (Wildman–Crippen LogP) is 7.57. The first-order valence-corrected chi connectivity index (χ1v) is 16.2. The summed E-state index contributed by atoms with van der Waals surface area (Å²) in [6.07, 6.45) is 0.697. The van der Waals surface area contributed by atoms with Crippen molar-refractivity contribution in [2.75, 3.05) is 4.90 Å². The summed E-state index contributed by atoms with van der Waals surface area (Å²) in [6, 6.07) is 30.8. The lowest BCUT2D eigenvalue weighted by atomic mass is 9.94. The summed E-state index contributed by atoms with van der Waals surface area (Å²) >= 11 is 2.73. The van der Waals surface area contributed by atoms with Crippen molar-refractivity contribution in [1.29, 1.82) is 0 Å². The van der Waals surface area contributed by atoms with Crippen molar-refractivity contribution in [3.05, 3.63) is 131 Å². The minimum atomic E-state index is -0.965. The third-order valence-electron chi connectivity index (χ3n) is 7.57. The molecule has 2 aliphatic heterocycles. The number of rotatable bonds is 8. The Balaban J connectivity index is 1.29. The summed E-state index contributed by atoms with van der Waals surface area (Å²) in [4.78, 5) is 28.8. The lowest BCUT2D eigenvalue weighted by Crippen LogP contribution is -2.29. The number of aromatic nitrogens is 2. The molecule has 1 fully saturated rings. The molecule has 2 aliphatic rings. The largest absolute Gasteiger partial charge is 0.507 e. The number of aliphatic hydroxyl groups excluding tert-OH is 1. The molecule has 224 valence electrons. The lowest BCUT2D eigenvalue weighted by Gasteiger charge is -2.23. The van der Waals surface area contributed by atoms with Crippen LogP contribution in [-0.2, 0) is 21.8 Å². The van der Waals surface area contributed by atoms with Crippen LogP contribution in [0.25, 0.3) is 5.76 Å². The van der Waals surface area contributed by atoms with Gasteiger partial charge in [0.25, 0.3) is 5.78 Å². The molecule has 8 nitrogen and oxygen atoms in total. The van der Waals surface area contributed by atoms with Gasteiger partial charge in [0.05, 0.1) is 11.6 Å². The Hall–Kier alpha value is -4.93. The molecule has 4 aromatic carbocycles. The number of carbonyl (C=O) groups excluding carboxylic acids is 2. The van der Waals surface area contributed by atoms with Gasteiger partial charge < -0.3 is 14.6 Å². The fourth-order valence-electron chi connectivity index (χ4n) is 5.52. The van der Waals surface area contributed by atoms with Gasteiger partial charge in [0.2, 0.25) is 5.13 Å². The van der Waals surface area contributed by atoms with Crippen LogP contribution >= 0.6 is 23.1 Å². The quantitative estimate of drug-likeness (QED) is 0.0614. The van der Waals surface area contributed by atoms with Gasteiger partial charge in [0, 0.05) is 17.7 Å². The second kappa shape index (κ2) is 12.2. The average Bonchev–Trinajstić information content (AvgIpc) is 3.75. The molecular weight excluding hydrogens is 607 g/mol. The summed E-state index contributed by atoms with van der Waals surface area (Å²) in [6.45, 7) is 1.98. The summed E-state index contributed by atoms with van der Waals surface area (Å²) in [7, 11) is 0. The average molecular weight is 634 g/mol. The highest BCUT2D eigenvalue weighted by Crippen LogP contribution is 2.45. The van der Waals surface area contributed by atoms with Crippen molar-refractivity contribution in [2.45, 2.75) is 35.6 Å². The molecule has 0 bridgehead atoms. The van der Waals surface area contributed by atoms with Gasteiger partial charge in [-0.1, -0.05) is 83.8 Å². The molecule has 0 aliphatic carbocycles. The molecule has 1 amide bonds. The third kappa shape index (κ3) is 5.82. The zero-order valence-corrected chi connectivity index (χ0v) is 25.8. The number of thioether (sulfide) groups is 1. The zero-order chi connectivity index (χ0) is 30.9. The summed E-state index contributed by atoms with van der Waals surface area (Å²) < 4.78 is 12.6. The number of ether oxygens (including phenoxy) is 2. The highest BCUT2D eigenvalue weighted by molar-refractivity contribution is 8.00. The number of ketones is 1. The molecule has 1 saturated heterocycles. The monoisotopic (exact) mass is 633 g/mol. The normalized spacial score (nSPS) is 18.6. The molecule has 0 radical (unpaired) electrons. The minimum absolute atomic E-state index is 0.0155. The number of aliphatic hydroxyl groups is 1. The van der Waals surface area contributed by atoms with Crippen LogP contribution in [0.2, 0.25) is 0 Å². The molecule has 1 aromatic heterocycles. The Morgan fingerprint density at radius 3 is 2.51 bits per heavy atom. The van der Waals surface area contributed by atoms with Crippen LogP contribution in [-0.4, -0.2) is 33.1 Å². The Morgan fingerprint density at radius 1 is 0.956 bits per heavy atom. The van der Waals surface area contributed by atoms with Crippen LogP contribution in [0.4, 0.5) is 5.13 Å². The standard InChI is InChI=1S/C35H27N3O5S2/c1-21-17-25-18-24(15-16-28(25)42-21)31(39)29-30(23-11-8-14-27(19-23)43-26-12-6-3-7-13-26)38(33(41)32(29)40)34-36-37-35(45-34)44-20-22-9-4-2-5-10-22/h2-16,18-19,21,30,39H,17,20H2,1H3/b31-29+. The van der Waals surface area contributed by atoms with Crippen LogP contribution in [0, 0.1) is 0 Å². The van der Waals surface area contributed by atoms with Crippen LogP contribution < -0.4 is 14.4 Å². The van der Waals surface area contributed by atoms with Crippen LogP contribution in [0.3, 0.4) is 0 Å². The molecule has 0 spiro atoms. The molecule has 2 unspecified atom stereocenters. The number of hydrogen-bond acceptors (Lipinski definition) is 9. The number of carbonyl (C=O) groups is 2. The smallest absolute Gasteiger partial charge is 0.301 e. The number of para-hydroxylation sites is 1. The van der Waals surface area contributed by atoms with E-state index in [-0.39, 0.29) is 22.6 Å². The van der Waals surface area contributed by atoms with Crippen molar-refractivity contribution >= 4 is 45.7 Å². The second-order valence-electron chi connectivity index (χ2n) is 10.7. The zero-order valence-electron chi connectivity index (χ0n) is 24.1. The van der Waals surface area contributed by atoms with Gasteiger partial charge in [-0.25, -0.2) is 0 Å². The molecule has 2 atom stereocenters. The number of benzene rings is 4. The first kappa shape index (κ1) is 28.8. The first-order chi connectivity index (χ1) is 21.9. The molecule has 1 N–H and O–H groups in total. The molecule has 45 heavy (non-hydrogen) atoms. The highest BCUT2D eigenvalue weighted by atomic mass is 32.2. The van der Waals surface area contributed by atoms with E-state index >= 15 is 0 Å². The van der Waals surface area contributed by atoms with Crippen LogP contribution in [0.5, 0.6) is 17.2 Å². The van der Waals surface area contributed by atoms with E-state index in [9.17, 15) is 14.7 Å². The number of hydrogen-bond donors (Lipinski definition) is 1.